The molecule has 2 heterocycles. The van der Waals surface area contributed by atoms with E-state index in [0.717, 1.165) is 30.4 Å². The maximum Gasteiger partial charge on any atom is 0.269 e. The highest BCUT2D eigenvalue weighted by atomic mass is 32.2. The van der Waals surface area contributed by atoms with Crippen molar-refractivity contribution in [1.82, 2.24) is 14.7 Å². The predicted octanol–water partition coefficient (Wildman–Crippen LogP) is 4.02. The normalized spacial score (nSPS) is 16.9. The van der Waals surface area contributed by atoms with Gasteiger partial charge in [-0.1, -0.05) is 24.7 Å². The Morgan fingerprint density at radius 3 is 2.50 bits per heavy atom. The quantitative estimate of drug-likeness (QED) is 0.446. The van der Waals surface area contributed by atoms with Crippen LogP contribution in [-0.2, 0) is 10.0 Å². The molecule has 0 saturated carbocycles. The van der Waals surface area contributed by atoms with Gasteiger partial charge in [-0.25, -0.2) is 13.4 Å². The first-order chi connectivity index (χ1) is 16.4. The van der Waals surface area contributed by atoms with Crippen LogP contribution < -0.4 is 20.3 Å². The van der Waals surface area contributed by atoms with Gasteiger partial charge in [-0.05, 0) is 55.7 Å². The summed E-state index contributed by atoms with van der Waals surface area (Å²) in [6.45, 7) is 2.54. The van der Waals surface area contributed by atoms with Crippen molar-refractivity contribution in [3.05, 3.63) is 42.0 Å². The van der Waals surface area contributed by atoms with Gasteiger partial charge in [0.2, 0.25) is 15.2 Å². The van der Waals surface area contributed by atoms with Crippen LogP contribution in [0.15, 0.2) is 41.3 Å². The summed E-state index contributed by atoms with van der Waals surface area (Å²) < 4.78 is 39.4. The Bertz CT molecular complexity index is 1230. The number of nitrogens with one attached hydrogen (secondary N) is 2. The predicted molar refractivity (Wildman–Crippen MR) is 132 cm³/mol. The zero-order valence-corrected chi connectivity index (χ0v) is 21.0. The van der Waals surface area contributed by atoms with Crippen LogP contribution in [0.5, 0.6) is 11.5 Å². The van der Waals surface area contributed by atoms with Gasteiger partial charge >= 0.3 is 0 Å². The van der Waals surface area contributed by atoms with Crippen LogP contribution in [0.2, 0.25) is 0 Å². The van der Waals surface area contributed by atoms with Crippen LogP contribution >= 0.6 is 11.3 Å². The van der Waals surface area contributed by atoms with Gasteiger partial charge in [-0.15, -0.1) is 0 Å². The second kappa shape index (κ2) is 10.2. The lowest BCUT2D eigenvalue weighted by molar-refractivity contribution is 0.0962. The van der Waals surface area contributed by atoms with E-state index in [1.165, 1.54) is 35.6 Å². The maximum atomic E-state index is 13.1. The van der Waals surface area contributed by atoms with Crippen molar-refractivity contribution in [1.29, 1.82) is 0 Å². The molecule has 0 bridgehead atoms. The van der Waals surface area contributed by atoms with Crippen molar-refractivity contribution >= 4 is 42.6 Å². The number of aromatic nitrogens is 1. The summed E-state index contributed by atoms with van der Waals surface area (Å²) in [5, 5.41) is 0.459. The van der Waals surface area contributed by atoms with Crippen LogP contribution in [0.25, 0.3) is 10.2 Å². The third kappa shape index (κ3) is 4.68. The monoisotopic (exact) mass is 504 g/mol. The molecule has 1 aliphatic heterocycles. The Balaban J connectivity index is 1.46. The molecule has 0 radical (unpaired) electrons. The second-order valence-corrected chi connectivity index (χ2v) is 10.8. The Kier molecular flexibility index (Phi) is 7.24. The minimum Gasteiger partial charge on any atom is -0.495 e. The molecule has 1 aromatic heterocycles. The molecule has 9 nitrogen and oxygen atoms in total. The number of fused-ring (bicyclic) bond motifs is 1. The van der Waals surface area contributed by atoms with E-state index in [1.807, 2.05) is 6.92 Å². The first-order valence-corrected chi connectivity index (χ1v) is 13.3. The molecule has 1 saturated heterocycles. The zero-order chi connectivity index (χ0) is 24.3. The summed E-state index contributed by atoms with van der Waals surface area (Å²) in [4.78, 5) is 17.3. The highest BCUT2D eigenvalue weighted by Crippen LogP contribution is 2.38. The van der Waals surface area contributed by atoms with E-state index in [9.17, 15) is 13.2 Å². The Morgan fingerprint density at radius 2 is 1.82 bits per heavy atom. The van der Waals surface area contributed by atoms with E-state index in [0.29, 0.717) is 34.3 Å². The molecule has 34 heavy (non-hydrogen) atoms. The topological polar surface area (TPSA) is 110 Å². The minimum absolute atomic E-state index is 0.0250. The van der Waals surface area contributed by atoms with Gasteiger partial charge in [0.1, 0.15) is 21.7 Å². The van der Waals surface area contributed by atoms with Crippen LogP contribution in [0.3, 0.4) is 0 Å². The summed E-state index contributed by atoms with van der Waals surface area (Å²) in [6, 6.07) is 9.59. The number of hydrazine groups is 1. The van der Waals surface area contributed by atoms with Crippen LogP contribution in [-0.4, -0.2) is 50.4 Å². The number of carbonyl (C=O) groups excluding carboxylic acids is 1. The lowest BCUT2D eigenvalue weighted by Gasteiger charge is -2.34. The lowest BCUT2D eigenvalue weighted by Crippen LogP contribution is -2.43. The molecule has 1 fully saturated rings. The first kappa shape index (κ1) is 24.2. The third-order valence-corrected chi connectivity index (χ3v) is 8.91. The standard InChI is InChI=1S/C23H28N4O5S2/c1-4-16-7-5-6-14-27(16)34(29,30)17-10-8-15(9-11-17)22(28)25-26-23-24-20-18(31-2)12-13-19(32-3)21(20)33-23/h8-13,16H,4-7,14H2,1-3H3,(H,24,26)(H,25,28)/t16-/m1/s1. The summed E-state index contributed by atoms with van der Waals surface area (Å²) in [6.07, 6.45) is 3.58. The number of thiazole rings is 1. The Labute approximate surface area is 203 Å². The summed E-state index contributed by atoms with van der Waals surface area (Å²) in [5.41, 5.74) is 6.38. The molecule has 2 aromatic carbocycles. The fourth-order valence-electron chi connectivity index (χ4n) is 4.13. The molecule has 0 spiro atoms. The van der Waals surface area contributed by atoms with Crippen LogP contribution in [0.4, 0.5) is 5.13 Å². The lowest BCUT2D eigenvalue weighted by atomic mass is 10.0. The van der Waals surface area contributed by atoms with Gasteiger partial charge in [0.25, 0.3) is 5.91 Å². The molecule has 3 aromatic rings. The smallest absolute Gasteiger partial charge is 0.269 e. The molecule has 0 unspecified atom stereocenters. The number of carbonyl (C=O) groups is 1. The number of hydrogen-bond donors (Lipinski definition) is 2. The van der Waals surface area contributed by atoms with Crippen molar-refractivity contribution in [2.75, 3.05) is 26.2 Å². The molecule has 1 aliphatic rings. The number of sulfonamides is 1. The van der Waals surface area contributed by atoms with E-state index in [4.69, 9.17) is 9.47 Å². The molecule has 11 heteroatoms. The molecule has 2 N–H and O–H groups in total. The Morgan fingerprint density at radius 1 is 1.12 bits per heavy atom. The average molecular weight is 505 g/mol. The number of amides is 1. The van der Waals surface area contributed by atoms with E-state index in [-0.39, 0.29) is 10.9 Å². The maximum absolute atomic E-state index is 13.1. The molecule has 1 amide bonds. The van der Waals surface area contributed by atoms with Gasteiger partial charge in [0.05, 0.1) is 19.1 Å². The molecule has 1 atom stereocenters. The van der Waals surface area contributed by atoms with Crippen LogP contribution in [0.1, 0.15) is 43.0 Å². The fraction of sp³-hybridized carbons (Fsp3) is 0.391. The van der Waals surface area contributed by atoms with Gasteiger partial charge in [0, 0.05) is 18.2 Å². The number of ether oxygens (including phenoxy) is 2. The van der Waals surface area contributed by atoms with Crippen molar-refractivity contribution in [2.24, 2.45) is 0 Å². The molecular weight excluding hydrogens is 476 g/mol. The van der Waals surface area contributed by atoms with Crippen molar-refractivity contribution in [3.8, 4) is 11.5 Å². The first-order valence-electron chi connectivity index (χ1n) is 11.1. The van der Waals surface area contributed by atoms with E-state index in [1.54, 1.807) is 30.7 Å². The molecular formula is C23H28N4O5S2. The number of benzene rings is 2. The number of hydrogen-bond acceptors (Lipinski definition) is 8. The second-order valence-electron chi connectivity index (χ2n) is 7.94. The minimum atomic E-state index is -3.60. The Hall–Kier alpha value is -2.89. The van der Waals surface area contributed by atoms with Crippen molar-refractivity contribution in [3.63, 3.8) is 0 Å². The fourth-order valence-corrected chi connectivity index (χ4v) is 6.83. The largest absolute Gasteiger partial charge is 0.495 e. The van der Waals surface area contributed by atoms with E-state index >= 15 is 0 Å². The van der Waals surface area contributed by atoms with Crippen LogP contribution in [0, 0.1) is 0 Å². The van der Waals surface area contributed by atoms with E-state index in [2.05, 4.69) is 15.8 Å². The third-order valence-electron chi connectivity index (χ3n) is 5.96. The van der Waals surface area contributed by atoms with Gasteiger partial charge in [-0.3, -0.25) is 15.6 Å². The molecule has 0 aliphatic carbocycles. The molecule has 182 valence electrons. The van der Waals surface area contributed by atoms with E-state index < -0.39 is 15.9 Å². The number of methoxy groups -OCH3 is 2. The summed E-state index contributed by atoms with van der Waals surface area (Å²) in [5.74, 6) is 0.845. The van der Waals surface area contributed by atoms with Gasteiger partial charge in [0.15, 0.2) is 0 Å². The summed E-state index contributed by atoms with van der Waals surface area (Å²) >= 11 is 1.31. The SMILES string of the molecule is CC[C@@H]1CCCCN1S(=O)(=O)c1ccc(C(=O)NNc2nc3c(OC)ccc(OC)c3s2)cc1. The van der Waals surface area contributed by atoms with Gasteiger partial charge < -0.3 is 9.47 Å². The highest BCUT2D eigenvalue weighted by Gasteiger charge is 2.32. The number of rotatable bonds is 8. The van der Waals surface area contributed by atoms with Crippen molar-refractivity contribution in [2.45, 2.75) is 43.5 Å². The number of piperidine rings is 1. The summed E-state index contributed by atoms with van der Waals surface area (Å²) in [7, 11) is -0.456. The van der Waals surface area contributed by atoms with Gasteiger partial charge in [-0.2, -0.15) is 4.31 Å². The highest BCUT2D eigenvalue weighted by molar-refractivity contribution is 7.89. The number of anilines is 1. The molecule has 4 rings (SSSR count). The average Bonchev–Trinajstić information content (AvgIpc) is 3.31. The number of nitrogens with zero attached hydrogens (tertiary/aromatic N) is 2. The van der Waals surface area contributed by atoms with Crippen molar-refractivity contribution < 1.29 is 22.7 Å². The zero-order valence-electron chi connectivity index (χ0n) is 19.3.